The van der Waals surface area contributed by atoms with Crippen LogP contribution in [0, 0.1) is 0 Å². The third kappa shape index (κ3) is 2.56. The molecule has 1 N–H and O–H groups in total. The summed E-state index contributed by atoms with van der Waals surface area (Å²) in [6.45, 7) is 1.17. The van der Waals surface area contributed by atoms with Gasteiger partial charge in [0.05, 0.1) is 0 Å². The standard InChI is InChI=1S/C6H14N2S/c1-8(2)3-6-4-9-5-7-6/h6-7H,3-5H2,1-2H3/t6-/m1/s1. The Morgan fingerprint density at radius 3 is 2.89 bits per heavy atom. The highest BCUT2D eigenvalue weighted by atomic mass is 32.2. The van der Waals surface area contributed by atoms with Crippen molar-refractivity contribution in [2.75, 3.05) is 32.3 Å². The summed E-state index contributed by atoms with van der Waals surface area (Å²) in [7, 11) is 4.23. The average Bonchev–Trinajstić information content (AvgIpc) is 2.15. The van der Waals surface area contributed by atoms with Crippen LogP contribution in [0.25, 0.3) is 0 Å². The smallest absolute Gasteiger partial charge is 0.0421 e. The Balaban J connectivity index is 2.11. The quantitative estimate of drug-likeness (QED) is 0.599. The highest BCUT2D eigenvalue weighted by Crippen LogP contribution is 2.09. The van der Waals surface area contributed by atoms with Gasteiger partial charge in [-0.25, -0.2) is 0 Å². The van der Waals surface area contributed by atoms with Gasteiger partial charge in [0.1, 0.15) is 0 Å². The van der Waals surface area contributed by atoms with Crippen molar-refractivity contribution in [3.8, 4) is 0 Å². The molecule has 3 heteroatoms. The summed E-state index contributed by atoms with van der Waals surface area (Å²) in [6.07, 6.45) is 0. The van der Waals surface area contributed by atoms with E-state index in [0.29, 0.717) is 0 Å². The minimum Gasteiger partial charge on any atom is -0.308 e. The van der Waals surface area contributed by atoms with Gasteiger partial charge in [-0.2, -0.15) is 0 Å². The Morgan fingerprint density at radius 2 is 2.44 bits per heavy atom. The van der Waals surface area contributed by atoms with Crippen molar-refractivity contribution in [3.63, 3.8) is 0 Å². The molecule has 0 bridgehead atoms. The Morgan fingerprint density at radius 1 is 1.67 bits per heavy atom. The number of thioether (sulfide) groups is 1. The minimum atomic E-state index is 0.727. The molecule has 2 nitrogen and oxygen atoms in total. The number of likely N-dealkylation sites (N-methyl/N-ethyl adjacent to an activating group) is 1. The van der Waals surface area contributed by atoms with Crippen molar-refractivity contribution in [1.82, 2.24) is 10.2 Å². The summed E-state index contributed by atoms with van der Waals surface area (Å²) in [5, 5.41) is 3.41. The number of rotatable bonds is 2. The van der Waals surface area contributed by atoms with Gasteiger partial charge >= 0.3 is 0 Å². The lowest BCUT2D eigenvalue weighted by atomic mass is 10.3. The Kier molecular flexibility index (Phi) is 2.82. The largest absolute Gasteiger partial charge is 0.308 e. The molecule has 0 radical (unpaired) electrons. The van der Waals surface area contributed by atoms with Crippen molar-refractivity contribution < 1.29 is 0 Å². The minimum absolute atomic E-state index is 0.727. The third-order valence-electron chi connectivity index (χ3n) is 1.38. The van der Waals surface area contributed by atoms with Crippen LogP contribution < -0.4 is 5.32 Å². The average molecular weight is 146 g/mol. The first-order valence-corrected chi connectivity index (χ1v) is 4.40. The monoisotopic (exact) mass is 146 g/mol. The first-order valence-electron chi connectivity index (χ1n) is 3.25. The van der Waals surface area contributed by atoms with Gasteiger partial charge in [-0.3, -0.25) is 0 Å². The molecule has 0 aromatic rings. The molecule has 0 unspecified atom stereocenters. The van der Waals surface area contributed by atoms with Crippen LogP contribution in [-0.2, 0) is 0 Å². The number of nitrogens with one attached hydrogen (secondary N) is 1. The molecule has 0 aromatic heterocycles. The van der Waals surface area contributed by atoms with E-state index in [1.807, 2.05) is 11.8 Å². The van der Waals surface area contributed by atoms with Gasteiger partial charge in [0.15, 0.2) is 0 Å². The molecule has 54 valence electrons. The number of hydrogen-bond donors (Lipinski definition) is 1. The first-order chi connectivity index (χ1) is 4.29. The summed E-state index contributed by atoms with van der Waals surface area (Å²) >= 11 is 1.99. The highest BCUT2D eigenvalue weighted by molar-refractivity contribution is 7.99. The van der Waals surface area contributed by atoms with Gasteiger partial charge in [0.25, 0.3) is 0 Å². The van der Waals surface area contributed by atoms with E-state index in [0.717, 1.165) is 11.9 Å². The fourth-order valence-electron chi connectivity index (χ4n) is 0.995. The van der Waals surface area contributed by atoms with Crippen molar-refractivity contribution in [2.45, 2.75) is 6.04 Å². The maximum Gasteiger partial charge on any atom is 0.0421 e. The molecule has 0 aliphatic carbocycles. The van der Waals surface area contributed by atoms with E-state index in [4.69, 9.17) is 0 Å². The van der Waals surface area contributed by atoms with Crippen LogP contribution in [0.15, 0.2) is 0 Å². The topological polar surface area (TPSA) is 15.3 Å². The van der Waals surface area contributed by atoms with Crippen LogP contribution in [0.3, 0.4) is 0 Å². The summed E-state index contributed by atoms with van der Waals surface area (Å²) < 4.78 is 0. The lowest BCUT2D eigenvalue weighted by molar-refractivity contribution is 0.366. The Labute approximate surface area is 61.0 Å². The van der Waals surface area contributed by atoms with Gasteiger partial charge in [0.2, 0.25) is 0 Å². The van der Waals surface area contributed by atoms with Crippen LogP contribution in [0.1, 0.15) is 0 Å². The zero-order valence-corrected chi connectivity index (χ0v) is 6.87. The van der Waals surface area contributed by atoms with Gasteiger partial charge in [-0.15, -0.1) is 11.8 Å². The van der Waals surface area contributed by atoms with Crippen LogP contribution in [-0.4, -0.2) is 43.2 Å². The van der Waals surface area contributed by atoms with Crippen LogP contribution in [0.4, 0.5) is 0 Å². The van der Waals surface area contributed by atoms with E-state index in [1.165, 1.54) is 12.3 Å². The Bertz CT molecular complexity index is 79.1. The molecular formula is C6H14N2S. The van der Waals surface area contributed by atoms with E-state index in [9.17, 15) is 0 Å². The SMILES string of the molecule is CN(C)C[C@@H]1CSCN1. The fraction of sp³-hybridized carbons (Fsp3) is 1.00. The van der Waals surface area contributed by atoms with Gasteiger partial charge in [-0.05, 0) is 14.1 Å². The molecule has 1 atom stereocenters. The second kappa shape index (κ2) is 3.44. The fourth-order valence-corrected chi connectivity index (χ4v) is 1.97. The molecule has 9 heavy (non-hydrogen) atoms. The normalized spacial score (nSPS) is 27.7. The summed E-state index contributed by atoms with van der Waals surface area (Å²) in [4.78, 5) is 2.23. The summed E-state index contributed by atoms with van der Waals surface area (Å²) in [5.74, 6) is 2.41. The van der Waals surface area contributed by atoms with Crippen LogP contribution in [0.5, 0.6) is 0 Å². The molecular weight excluding hydrogens is 132 g/mol. The van der Waals surface area contributed by atoms with Crippen LogP contribution >= 0.6 is 11.8 Å². The molecule has 0 saturated carbocycles. The van der Waals surface area contributed by atoms with Crippen molar-refractivity contribution in [2.24, 2.45) is 0 Å². The summed E-state index contributed by atoms with van der Waals surface area (Å²) in [6, 6.07) is 0.727. The predicted octanol–water partition coefficient (Wildman–Crippen LogP) is 0.210. The lowest BCUT2D eigenvalue weighted by Gasteiger charge is -2.14. The molecule has 1 aliphatic rings. The zero-order chi connectivity index (χ0) is 6.69. The molecule has 1 heterocycles. The van der Waals surface area contributed by atoms with E-state index in [1.54, 1.807) is 0 Å². The van der Waals surface area contributed by atoms with Gasteiger partial charge in [-0.1, -0.05) is 0 Å². The van der Waals surface area contributed by atoms with Gasteiger partial charge < -0.3 is 10.2 Å². The zero-order valence-electron chi connectivity index (χ0n) is 6.05. The lowest BCUT2D eigenvalue weighted by Crippen LogP contribution is -2.34. The molecule has 0 aromatic carbocycles. The van der Waals surface area contributed by atoms with E-state index < -0.39 is 0 Å². The second-order valence-corrected chi connectivity index (χ2v) is 3.71. The molecule has 1 fully saturated rings. The third-order valence-corrected chi connectivity index (χ3v) is 2.39. The molecule has 1 rings (SSSR count). The molecule has 1 aliphatic heterocycles. The van der Waals surface area contributed by atoms with Crippen molar-refractivity contribution in [3.05, 3.63) is 0 Å². The maximum absolute atomic E-state index is 3.41. The predicted molar refractivity (Wildman–Crippen MR) is 42.8 cm³/mol. The van der Waals surface area contributed by atoms with Crippen LogP contribution in [0.2, 0.25) is 0 Å². The number of nitrogens with zero attached hydrogens (tertiary/aromatic N) is 1. The second-order valence-electron chi connectivity index (χ2n) is 2.68. The van der Waals surface area contributed by atoms with E-state index >= 15 is 0 Å². The van der Waals surface area contributed by atoms with Crippen molar-refractivity contribution >= 4 is 11.8 Å². The van der Waals surface area contributed by atoms with E-state index in [2.05, 4.69) is 24.3 Å². The summed E-state index contributed by atoms with van der Waals surface area (Å²) in [5.41, 5.74) is 0. The molecule has 0 spiro atoms. The molecule has 1 saturated heterocycles. The van der Waals surface area contributed by atoms with Gasteiger partial charge in [0, 0.05) is 24.2 Å². The number of hydrogen-bond acceptors (Lipinski definition) is 3. The first kappa shape index (κ1) is 7.38. The molecule has 0 amide bonds. The van der Waals surface area contributed by atoms with Crippen molar-refractivity contribution in [1.29, 1.82) is 0 Å². The Hall–Kier alpha value is 0.270. The highest BCUT2D eigenvalue weighted by Gasteiger charge is 2.13. The van der Waals surface area contributed by atoms with E-state index in [-0.39, 0.29) is 0 Å². The maximum atomic E-state index is 3.41.